The summed E-state index contributed by atoms with van der Waals surface area (Å²) in [5.41, 5.74) is 0. The van der Waals surface area contributed by atoms with Crippen molar-refractivity contribution in [1.82, 2.24) is 5.32 Å². The molecule has 8 heteroatoms. The fourth-order valence-electron chi connectivity index (χ4n) is 1.43. The van der Waals surface area contributed by atoms with Gasteiger partial charge in [0.25, 0.3) is 0 Å². The maximum absolute atomic E-state index is 11.7. The molecule has 0 bridgehead atoms. The third-order valence-electron chi connectivity index (χ3n) is 2.28. The molecule has 0 aliphatic carbocycles. The van der Waals surface area contributed by atoms with Crippen LogP contribution < -0.4 is 5.32 Å². The Morgan fingerprint density at radius 2 is 2.20 bits per heavy atom. The molecule has 0 aliphatic rings. The smallest absolute Gasteiger partial charge is 0.313 e. The van der Waals surface area contributed by atoms with Gasteiger partial charge in [-0.15, -0.1) is 23.1 Å². The van der Waals surface area contributed by atoms with Crippen LogP contribution in [0.5, 0.6) is 0 Å². The van der Waals surface area contributed by atoms with Crippen molar-refractivity contribution < 1.29 is 24.2 Å². The largest absolute Gasteiger partial charge is 0.481 e. The Morgan fingerprint density at radius 3 is 2.75 bits per heavy atom. The fraction of sp³-hybridized carbons (Fsp3) is 0.417. The third kappa shape index (κ3) is 6.07. The number of methoxy groups -OCH3 is 1. The van der Waals surface area contributed by atoms with Gasteiger partial charge >= 0.3 is 11.9 Å². The first-order valence-electron chi connectivity index (χ1n) is 5.72. The van der Waals surface area contributed by atoms with Crippen LogP contribution in [0.2, 0.25) is 0 Å². The number of nitrogens with one attached hydrogen (secondary N) is 1. The van der Waals surface area contributed by atoms with Gasteiger partial charge in [0.2, 0.25) is 5.91 Å². The van der Waals surface area contributed by atoms with E-state index >= 15 is 0 Å². The maximum atomic E-state index is 11.7. The van der Waals surface area contributed by atoms with Gasteiger partial charge < -0.3 is 15.2 Å². The van der Waals surface area contributed by atoms with Gasteiger partial charge in [-0.05, 0) is 11.4 Å². The number of rotatable bonds is 8. The number of ether oxygens (including phenoxy) is 1. The predicted molar refractivity (Wildman–Crippen MR) is 76.8 cm³/mol. The van der Waals surface area contributed by atoms with Crippen molar-refractivity contribution in [3.63, 3.8) is 0 Å². The van der Waals surface area contributed by atoms with Gasteiger partial charge in [0, 0.05) is 4.88 Å². The minimum atomic E-state index is -0.966. The molecule has 1 aromatic heterocycles. The number of carbonyl (C=O) groups excluding carboxylic acids is 2. The number of thioether (sulfide) groups is 1. The van der Waals surface area contributed by atoms with Gasteiger partial charge in [-0.25, -0.2) is 0 Å². The van der Waals surface area contributed by atoms with Gasteiger partial charge in [0.15, 0.2) is 0 Å². The summed E-state index contributed by atoms with van der Waals surface area (Å²) in [6.45, 7) is 0. The van der Waals surface area contributed by atoms with Gasteiger partial charge in [0.05, 0.1) is 31.1 Å². The number of hydrogen-bond acceptors (Lipinski definition) is 6. The first-order chi connectivity index (χ1) is 9.52. The summed E-state index contributed by atoms with van der Waals surface area (Å²) in [6.07, 6.45) is 0.0480. The molecule has 110 valence electrons. The van der Waals surface area contributed by atoms with E-state index in [9.17, 15) is 14.4 Å². The second kappa shape index (κ2) is 8.60. The van der Waals surface area contributed by atoms with Gasteiger partial charge in [0.1, 0.15) is 0 Å². The highest BCUT2D eigenvalue weighted by atomic mass is 32.2. The topological polar surface area (TPSA) is 92.7 Å². The third-order valence-corrected chi connectivity index (χ3v) is 4.18. The summed E-state index contributed by atoms with van der Waals surface area (Å²) in [5, 5.41) is 13.1. The molecule has 0 saturated carbocycles. The molecule has 0 radical (unpaired) electrons. The summed E-state index contributed by atoms with van der Waals surface area (Å²) in [4.78, 5) is 34.3. The predicted octanol–water partition coefficient (Wildman–Crippen LogP) is 1.29. The van der Waals surface area contributed by atoms with Crippen molar-refractivity contribution in [1.29, 1.82) is 0 Å². The molecule has 0 aromatic carbocycles. The number of amides is 1. The molecule has 6 nitrogen and oxygen atoms in total. The van der Waals surface area contributed by atoms with E-state index in [2.05, 4.69) is 10.1 Å². The van der Waals surface area contributed by atoms with E-state index in [-0.39, 0.29) is 23.8 Å². The monoisotopic (exact) mass is 317 g/mol. The molecule has 0 spiro atoms. The lowest BCUT2D eigenvalue weighted by Gasteiger charge is -2.16. The highest BCUT2D eigenvalue weighted by molar-refractivity contribution is 8.00. The molecule has 1 aromatic rings. The summed E-state index contributed by atoms with van der Waals surface area (Å²) in [5.74, 6) is -1.78. The van der Waals surface area contributed by atoms with Crippen LogP contribution in [0.4, 0.5) is 0 Å². The molecule has 1 heterocycles. The van der Waals surface area contributed by atoms with Gasteiger partial charge in [-0.3, -0.25) is 14.4 Å². The van der Waals surface area contributed by atoms with E-state index in [4.69, 9.17) is 5.11 Å². The zero-order valence-corrected chi connectivity index (χ0v) is 12.5. The SMILES string of the molecule is COC(=O)CC(NC(=O)CSCC(=O)O)c1cccs1. The lowest BCUT2D eigenvalue weighted by molar-refractivity contribution is -0.141. The quantitative estimate of drug-likeness (QED) is 0.702. The minimum absolute atomic E-state index is 0.0371. The van der Waals surface area contributed by atoms with E-state index in [1.165, 1.54) is 18.4 Å². The first kappa shape index (κ1) is 16.5. The summed E-state index contributed by atoms with van der Waals surface area (Å²) in [6, 6.07) is 3.21. The number of carboxylic acid groups (broad SMARTS) is 1. The van der Waals surface area contributed by atoms with Crippen LogP contribution in [0.1, 0.15) is 17.3 Å². The zero-order valence-electron chi connectivity index (χ0n) is 10.8. The van der Waals surface area contributed by atoms with E-state index in [0.29, 0.717) is 0 Å². The molecule has 0 saturated heterocycles. The van der Waals surface area contributed by atoms with E-state index in [1.54, 1.807) is 0 Å². The lowest BCUT2D eigenvalue weighted by Crippen LogP contribution is -2.31. The van der Waals surface area contributed by atoms with E-state index in [0.717, 1.165) is 16.6 Å². The van der Waals surface area contributed by atoms with Gasteiger partial charge in [-0.2, -0.15) is 0 Å². The Hall–Kier alpha value is -1.54. The normalized spacial score (nSPS) is 11.7. The first-order valence-corrected chi connectivity index (χ1v) is 7.75. The van der Waals surface area contributed by atoms with Crippen molar-refractivity contribution in [2.24, 2.45) is 0 Å². The van der Waals surface area contributed by atoms with Crippen molar-refractivity contribution in [3.05, 3.63) is 22.4 Å². The highest BCUT2D eigenvalue weighted by Gasteiger charge is 2.19. The highest BCUT2D eigenvalue weighted by Crippen LogP contribution is 2.22. The number of aliphatic carboxylic acids is 1. The second-order valence-electron chi connectivity index (χ2n) is 3.80. The number of carboxylic acids is 1. The van der Waals surface area contributed by atoms with Crippen LogP contribution >= 0.6 is 23.1 Å². The number of hydrogen-bond donors (Lipinski definition) is 2. The molecule has 1 amide bonds. The molecule has 1 rings (SSSR count). The Kier molecular flexibility index (Phi) is 7.10. The molecule has 0 fully saturated rings. The number of carbonyl (C=O) groups is 3. The molecule has 1 unspecified atom stereocenters. The maximum Gasteiger partial charge on any atom is 0.313 e. The van der Waals surface area contributed by atoms with Crippen molar-refractivity contribution in [2.75, 3.05) is 18.6 Å². The average molecular weight is 317 g/mol. The molecular formula is C12H15NO5S2. The van der Waals surface area contributed by atoms with Crippen LogP contribution in [0.3, 0.4) is 0 Å². The Balaban J connectivity index is 2.54. The zero-order chi connectivity index (χ0) is 15.0. The number of thiophene rings is 1. The standard InChI is InChI=1S/C12H15NO5S2/c1-18-12(17)5-8(9-3-2-4-20-9)13-10(14)6-19-7-11(15)16/h2-4,8H,5-7H2,1H3,(H,13,14)(H,15,16). The Bertz CT molecular complexity index is 460. The molecule has 0 aliphatic heterocycles. The Morgan fingerprint density at radius 1 is 1.45 bits per heavy atom. The molecule has 2 N–H and O–H groups in total. The fourth-order valence-corrected chi connectivity index (χ4v) is 2.75. The van der Waals surface area contributed by atoms with Crippen molar-refractivity contribution in [3.8, 4) is 0 Å². The molecule has 1 atom stereocenters. The summed E-state index contributed by atoms with van der Waals surface area (Å²) in [7, 11) is 1.29. The minimum Gasteiger partial charge on any atom is -0.481 e. The molecule has 20 heavy (non-hydrogen) atoms. The molecular weight excluding hydrogens is 302 g/mol. The van der Waals surface area contributed by atoms with Crippen LogP contribution in [0.25, 0.3) is 0 Å². The van der Waals surface area contributed by atoms with Crippen LogP contribution in [0.15, 0.2) is 17.5 Å². The Labute approximate surface area is 124 Å². The van der Waals surface area contributed by atoms with Crippen LogP contribution in [-0.4, -0.2) is 41.6 Å². The summed E-state index contributed by atoms with van der Waals surface area (Å²) >= 11 is 2.44. The summed E-state index contributed by atoms with van der Waals surface area (Å²) < 4.78 is 4.60. The van der Waals surface area contributed by atoms with Crippen molar-refractivity contribution >= 4 is 40.9 Å². The van der Waals surface area contributed by atoms with Gasteiger partial charge in [-0.1, -0.05) is 6.07 Å². The average Bonchev–Trinajstić information content (AvgIpc) is 2.91. The van der Waals surface area contributed by atoms with E-state index in [1.807, 2.05) is 17.5 Å². The number of esters is 1. The van der Waals surface area contributed by atoms with E-state index < -0.39 is 18.0 Å². The second-order valence-corrected chi connectivity index (χ2v) is 5.77. The van der Waals surface area contributed by atoms with Crippen molar-refractivity contribution in [2.45, 2.75) is 12.5 Å². The van der Waals surface area contributed by atoms with Crippen LogP contribution in [0, 0.1) is 0 Å². The lowest BCUT2D eigenvalue weighted by atomic mass is 10.1. The van der Waals surface area contributed by atoms with Crippen LogP contribution in [-0.2, 0) is 19.1 Å².